The number of rotatable bonds is 7. The molecular formula is C12H18O2S. The zero-order valence-electron chi connectivity index (χ0n) is 9.06. The Morgan fingerprint density at radius 2 is 2.07 bits per heavy atom. The molecule has 1 rings (SSSR count). The highest BCUT2D eigenvalue weighted by Gasteiger charge is 1.99. The van der Waals surface area contributed by atoms with E-state index in [1.165, 1.54) is 0 Å². The summed E-state index contributed by atoms with van der Waals surface area (Å²) in [5.41, 5.74) is 0. The zero-order valence-corrected chi connectivity index (χ0v) is 9.87. The van der Waals surface area contributed by atoms with Gasteiger partial charge in [-0.05, 0) is 24.3 Å². The minimum absolute atomic E-state index is 0.254. The third-order valence-corrected chi connectivity index (χ3v) is 3.20. The lowest BCUT2D eigenvalue weighted by atomic mass is 10.3. The van der Waals surface area contributed by atoms with Gasteiger partial charge in [0.15, 0.2) is 0 Å². The van der Waals surface area contributed by atoms with Crippen molar-refractivity contribution >= 4 is 11.8 Å². The standard InChI is InChI=1S/C12H18O2S/c1-11(10-13)15-9-5-8-14-12-6-3-2-4-7-12/h2-4,6-7,11,13H,5,8-10H2,1H3. The predicted octanol–water partition coefficient (Wildman–Crippen LogP) is 2.57. The van der Waals surface area contributed by atoms with Crippen LogP contribution >= 0.6 is 11.8 Å². The predicted molar refractivity (Wildman–Crippen MR) is 65.6 cm³/mol. The SMILES string of the molecule is CC(CO)SCCCOc1ccccc1. The number of thioether (sulfide) groups is 1. The molecule has 0 radical (unpaired) electrons. The largest absolute Gasteiger partial charge is 0.494 e. The van der Waals surface area contributed by atoms with Crippen molar-refractivity contribution in [2.24, 2.45) is 0 Å². The van der Waals surface area contributed by atoms with E-state index in [1.54, 1.807) is 11.8 Å². The Balaban J connectivity index is 2.03. The van der Waals surface area contributed by atoms with Crippen molar-refractivity contribution in [1.29, 1.82) is 0 Å². The maximum absolute atomic E-state index is 8.82. The molecule has 0 spiro atoms. The number of para-hydroxylation sites is 1. The highest BCUT2D eigenvalue weighted by Crippen LogP contribution is 2.12. The molecule has 0 bridgehead atoms. The Bertz CT molecular complexity index is 251. The van der Waals surface area contributed by atoms with Gasteiger partial charge in [0.25, 0.3) is 0 Å². The first kappa shape index (κ1) is 12.4. The number of ether oxygens (including phenoxy) is 1. The van der Waals surface area contributed by atoms with E-state index in [0.29, 0.717) is 5.25 Å². The molecule has 2 nitrogen and oxygen atoms in total. The first-order valence-electron chi connectivity index (χ1n) is 5.23. The van der Waals surface area contributed by atoms with Gasteiger partial charge in [0.05, 0.1) is 13.2 Å². The molecule has 15 heavy (non-hydrogen) atoms. The van der Waals surface area contributed by atoms with Gasteiger partial charge < -0.3 is 9.84 Å². The van der Waals surface area contributed by atoms with Gasteiger partial charge in [-0.2, -0.15) is 11.8 Å². The van der Waals surface area contributed by atoms with E-state index in [9.17, 15) is 0 Å². The van der Waals surface area contributed by atoms with Gasteiger partial charge in [0.1, 0.15) is 5.75 Å². The van der Waals surface area contributed by atoms with Crippen LogP contribution in [0.4, 0.5) is 0 Å². The maximum atomic E-state index is 8.82. The molecule has 84 valence electrons. The summed E-state index contributed by atoms with van der Waals surface area (Å²) >= 11 is 1.78. The van der Waals surface area contributed by atoms with E-state index >= 15 is 0 Å². The van der Waals surface area contributed by atoms with Crippen molar-refractivity contribution in [1.82, 2.24) is 0 Å². The first-order chi connectivity index (χ1) is 7.33. The summed E-state index contributed by atoms with van der Waals surface area (Å²) in [6.45, 7) is 3.03. The fourth-order valence-corrected chi connectivity index (χ4v) is 1.90. The van der Waals surface area contributed by atoms with Gasteiger partial charge in [-0.25, -0.2) is 0 Å². The fourth-order valence-electron chi connectivity index (χ4n) is 1.10. The highest BCUT2D eigenvalue weighted by atomic mass is 32.2. The van der Waals surface area contributed by atoms with Crippen molar-refractivity contribution in [3.8, 4) is 5.75 Å². The summed E-state index contributed by atoms with van der Waals surface area (Å²) in [5.74, 6) is 1.96. The molecule has 0 saturated heterocycles. The number of hydrogen-bond acceptors (Lipinski definition) is 3. The third-order valence-electron chi connectivity index (χ3n) is 1.96. The molecule has 0 aromatic heterocycles. The normalized spacial score (nSPS) is 12.4. The quantitative estimate of drug-likeness (QED) is 0.725. The van der Waals surface area contributed by atoms with Crippen molar-refractivity contribution in [2.75, 3.05) is 19.0 Å². The van der Waals surface area contributed by atoms with Gasteiger partial charge in [0, 0.05) is 5.25 Å². The average molecular weight is 226 g/mol. The Morgan fingerprint density at radius 1 is 1.33 bits per heavy atom. The summed E-state index contributed by atoms with van der Waals surface area (Å²) in [5, 5.41) is 9.15. The first-order valence-corrected chi connectivity index (χ1v) is 6.28. The van der Waals surface area contributed by atoms with Gasteiger partial charge in [-0.1, -0.05) is 25.1 Å². The van der Waals surface area contributed by atoms with Crippen LogP contribution in [0.3, 0.4) is 0 Å². The van der Waals surface area contributed by atoms with Crippen LogP contribution in [0.1, 0.15) is 13.3 Å². The molecule has 0 fully saturated rings. The lowest BCUT2D eigenvalue weighted by molar-refractivity contribution is 0.299. The lowest BCUT2D eigenvalue weighted by Gasteiger charge is -2.08. The second kappa shape index (κ2) is 7.60. The third kappa shape index (κ3) is 5.70. The van der Waals surface area contributed by atoms with Crippen LogP contribution in [0.5, 0.6) is 5.75 Å². The van der Waals surface area contributed by atoms with E-state index in [2.05, 4.69) is 0 Å². The van der Waals surface area contributed by atoms with Gasteiger partial charge in [0.2, 0.25) is 0 Å². The van der Waals surface area contributed by atoms with Crippen molar-refractivity contribution in [3.05, 3.63) is 30.3 Å². The van der Waals surface area contributed by atoms with E-state index in [0.717, 1.165) is 24.5 Å². The second-order valence-electron chi connectivity index (χ2n) is 3.38. The highest BCUT2D eigenvalue weighted by molar-refractivity contribution is 7.99. The number of benzene rings is 1. The number of hydrogen-bond donors (Lipinski definition) is 1. The molecule has 0 saturated carbocycles. The Labute approximate surface area is 95.7 Å². The van der Waals surface area contributed by atoms with Crippen molar-refractivity contribution < 1.29 is 9.84 Å². The van der Waals surface area contributed by atoms with Crippen LogP contribution in [-0.4, -0.2) is 29.3 Å². The van der Waals surface area contributed by atoms with Crippen LogP contribution in [0.25, 0.3) is 0 Å². The molecule has 1 atom stereocenters. The minimum Gasteiger partial charge on any atom is -0.494 e. The average Bonchev–Trinajstić information content (AvgIpc) is 2.29. The molecule has 1 aromatic carbocycles. The van der Waals surface area contributed by atoms with Crippen molar-refractivity contribution in [3.63, 3.8) is 0 Å². The number of aliphatic hydroxyl groups excluding tert-OH is 1. The van der Waals surface area contributed by atoms with Gasteiger partial charge in [-0.3, -0.25) is 0 Å². The topological polar surface area (TPSA) is 29.5 Å². The summed E-state index contributed by atoms with van der Waals surface area (Å²) in [6.07, 6.45) is 1.02. The molecule has 3 heteroatoms. The zero-order chi connectivity index (χ0) is 10.9. The van der Waals surface area contributed by atoms with Crippen LogP contribution in [0.2, 0.25) is 0 Å². The Morgan fingerprint density at radius 3 is 2.73 bits per heavy atom. The van der Waals surface area contributed by atoms with E-state index in [4.69, 9.17) is 9.84 Å². The Kier molecular flexibility index (Phi) is 6.28. The summed E-state index contributed by atoms with van der Waals surface area (Å²) < 4.78 is 5.55. The molecule has 1 unspecified atom stereocenters. The van der Waals surface area contributed by atoms with E-state index in [-0.39, 0.29) is 6.61 Å². The molecule has 1 aromatic rings. The van der Waals surface area contributed by atoms with Crippen LogP contribution < -0.4 is 4.74 Å². The van der Waals surface area contributed by atoms with E-state index in [1.807, 2.05) is 37.3 Å². The monoisotopic (exact) mass is 226 g/mol. The molecule has 1 N–H and O–H groups in total. The minimum atomic E-state index is 0.254. The Hall–Kier alpha value is -0.670. The molecule has 0 aliphatic heterocycles. The molecule has 0 heterocycles. The van der Waals surface area contributed by atoms with Crippen LogP contribution in [0, 0.1) is 0 Å². The molecule has 0 aliphatic rings. The number of aliphatic hydroxyl groups is 1. The summed E-state index contributed by atoms with van der Waals surface area (Å²) in [4.78, 5) is 0. The molecule has 0 amide bonds. The molecular weight excluding hydrogens is 208 g/mol. The fraction of sp³-hybridized carbons (Fsp3) is 0.500. The van der Waals surface area contributed by atoms with Crippen LogP contribution in [0.15, 0.2) is 30.3 Å². The lowest BCUT2D eigenvalue weighted by Crippen LogP contribution is -2.05. The van der Waals surface area contributed by atoms with E-state index < -0.39 is 0 Å². The van der Waals surface area contributed by atoms with Crippen LogP contribution in [-0.2, 0) is 0 Å². The van der Waals surface area contributed by atoms with Gasteiger partial charge >= 0.3 is 0 Å². The summed E-state index contributed by atoms with van der Waals surface area (Å²) in [6, 6.07) is 9.84. The smallest absolute Gasteiger partial charge is 0.119 e. The molecule has 0 aliphatic carbocycles. The maximum Gasteiger partial charge on any atom is 0.119 e. The second-order valence-corrected chi connectivity index (χ2v) is 4.93. The van der Waals surface area contributed by atoms with Crippen molar-refractivity contribution in [2.45, 2.75) is 18.6 Å². The summed E-state index contributed by atoms with van der Waals surface area (Å²) in [7, 11) is 0. The van der Waals surface area contributed by atoms with Gasteiger partial charge in [-0.15, -0.1) is 0 Å².